The van der Waals surface area contributed by atoms with Crippen LogP contribution in [0.5, 0.6) is 0 Å². The highest BCUT2D eigenvalue weighted by molar-refractivity contribution is 7.99. The van der Waals surface area contributed by atoms with E-state index in [0.29, 0.717) is 16.0 Å². The molecule has 10 heteroatoms. The molecule has 1 N–H and O–H groups in total. The topological polar surface area (TPSA) is 59.8 Å². The second kappa shape index (κ2) is 9.68. The number of carbonyl (C=O) groups excluding carboxylic acids is 1. The third kappa shape index (κ3) is 5.37. The smallest absolute Gasteiger partial charge is 0.325 e. The molecule has 0 aliphatic rings. The molecular weight excluding hydrogens is 473 g/mol. The zero-order valence-corrected chi connectivity index (χ0v) is 18.5. The Morgan fingerprint density at radius 2 is 1.61 bits per heavy atom. The summed E-state index contributed by atoms with van der Waals surface area (Å²) in [6, 6.07) is 21.3. The lowest BCUT2D eigenvalue weighted by Gasteiger charge is -2.13. The van der Waals surface area contributed by atoms with Crippen LogP contribution in [0.2, 0.25) is 5.02 Å². The number of hydrogen-bond acceptors (Lipinski definition) is 4. The van der Waals surface area contributed by atoms with E-state index in [1.165, 1.54) is 18.2 Å². The highest BCUT2D eigenvalue weighted by Crippen LogP contribution is 2.35. The molecule has 0 radical (unpaired) electrons. The minimum absolute atomic E-state index is 0.155. The number of para-hydroxylation sites is 2. The number of rotatable bonds is 6. The molecule has 168 valence electrons. The van der Waals surface area contributed by atoms with Crippen molar-refractivity contribution in [2.75, 3.05) is 11.1 Å². The first-order chi connectivity index (χ1) is 15.8. The van der Waals surface area contributed by atoms with Crippen molar-refractivity contribution in [3.8, 4) is 17.1 Å². The standard InChI is InChI=1S/C23H16ClF3N4OS/c24-16-12-10-15(11-13-16)21-29-30-22(31(21)17-6-2-1-3-7-17)33-14-20(32)28-19-9-5-4-8-18(19)23(25,26)27/h1-13H,14H2,(H,28,32). The Kier molecular flexibility index (Phi) is 6.71. The summed E-state index contributed by atoms with van der Waals surface area (Å²) in [7, 11) is 0. The number of thioether (sulfide) groups is 1. The zero-order valence-electron chi connectivity index (χ0n) is 16.9. The lowest BCUT2D eigenvalue weighted by molar-refractivity contribution is -0.137. The largest absolute Gasteiger partial charge is 0.418 e. The fourth-order valence-corrected chi connectivity index (χ4v) is 3.99. The maximum Gasteiger partial charge on any atom is 0.418 e. The van der Waals surface area contributed by atoms with Crippen molar-refractivity contribution in [2.24, 2.45) is 0 Å². The third-order valence-electron chi connectivity index (χ3n) is 4.59. The Morgan fingerprint density at radius 1 is 0.939 bits per heavy atom. The lowest BCUT2D eigenvalue weighted by atomic mass is 10.1. The van der Waals surface area contributed by atoms with Gasteiger partial charge >= 0.3 is 6.18 Å². The van der Waals surface area contributed by atoms with E-state index in [1.54, 1.807) is 28.8 Å². The van der Waals surface area contributed by atoms with Gasteiger partial charge in [0.15, 0.2) is 11.0 Å². The molecular formula is C23H16ClF3N4OS. The number of halogens is 4. The Labute approximate surface area is 196 Å². The van der Waals surface area contributed by atoms with Gasteiger partial charge in [-0.05, 0) is 48.5 Å². The number of alkyl halides is 3. The van der Waals surface area contributed by atoms with E-state index in [9.17, 15) is 18.0 Å². The van der Waals surface area contributed by atoms with E-state index in [2.05, 4.69) is 15.5 Å². The first-order valence-electron chi connectivity index (χ1n) is 9.68. The Hall–Kier alpha value is -3.30. The molecule has 4 aromatic rings. The molecule has 0 bridgehead atoms. The fourth-order valence-electron chi connectivity index (χ4n) is 3.11. The normalized spacial score (nSPS) is 11.4. The van der Waals surface area contributed by atoms with Crippen LogP contribution in [0.3, 0.4) is 0 Å². The van der Waals surface area contributed by atoms with Crippen LogP contribution in [0.4, 0.5) is 18.9 Å². The van der Waals surface area contributed by atoms with Gasteiger partial charge in [0.25, 0.3) is 0 Å². The average Bonchev–Trinajstić information content (AvgIpc) is 3.22. The summed E-state index contributed by atoms with van der Waals surface area (Å²) in [6.07, 6.45) is -4.57. The van der Waals surface area contributed by atoms with Crippen molar-refractivity contribution in [1.82, 2.24) is 14.8 Å². The summed E-state index contributed by atoms with van der Waals surface area (Å²) in [5.41, 5.74) is 0.353. The van der Waals surface area contributed by atoms with Crippen molar-refractivity contribution >= 4 is 35.0 Å². The van der Waals surface area contributed by atoms with Gasteiger partial charge in [-0.15, -0.1) is 10.2 Å². The first-order valence-corrected chi connectivity index (χ1v) is 11.0. The predicted molar refractivity (Wildman–Crippen MR) is 123 cm³/mol. The Morgan fingerprint density at radius 3 is 2.30 bits per heavy atom. The van der Waals surface area contributed by atoms with E-state index in [1.807, 2.05) is 30.3 Å². The molecule has 0 fully saturated rings. The second-order valence-corrected chi connectivity index (χ2v) is 8.24. The van der Waals surface area contributed by atoms with Crippen molar-refractivity contribution in [1.29, 1.82) is 0 Å². The van der Waals surface area contributed by atoms with Crippen LogP contribution in [0, 0.1) is 0 Å². The molecule has 0 aliphatic heterocycles. The summed E-state index contributed by atoms with van der Waals surface area (Å²) in [6.45, 7) is 0. The first kappa shape index (κ1) is 22.9. The number of benzene rings is 3. The number of nitrogens with zero attached hydrogens (tertiary/aromatic N) is 3. The Balaban J connectivity index is 1.58. The highest BCUT2D eigenvalue weighted by Gasteiger charge is 2.33. The maximum absolute atomic E-state index is 13.2. The number of aromatic nitrogens is 3. The lowest BCUT2D eigenvalue weighted by Crippen LogP contribution is -2.18. The maximum atomic E-state index is 13.2. The van der Waals surface area contributed by atoms with Gasteiger partial charge < -0.3 is 5.32 Å². The van der Waals surface area contributed by atoms with Crippen LogP contribution in [0.25, 0.3) is 17.1 Å². The molecule has 33 heavy (non-hydrogen) atoms. The molecule has 0 saturated heterocycles. The van der Waals surface area contributed by atoms with Gasteiger partial charge in [-0.1, -0.05) is 53.7 Å². The van der Waals surface area contributed by atoms with Crippen molar-refractivity contribution in [3.63, 3.8) is 0 Å². The van der Waals surface area contributed by atoms with Crippen LogP contribution in [-0.4, -0.2) is 26.4 Å². The van der Waals surface area contributed by atoms with Crippen LogP contribution in [-0.2, 0) is 11.0 Å². The van der Waals surface area contributed by atoms with Crippen LogP contribution < -0.4 is 5.32 Å². The molecule has 4 rings (SSSR count). The number of nitrogens with one attached hydrogen (secondary N) is 1. The molecule has 0 aliphatic carbocycles. The fraction of sp³-hybridized carbons (Fsp3) is 0.0870. The number of hydrogen-bond donors (Lipinski definition) is 1. The molecule has 5 nitrogen and oxygen atoms in total. The van der Waals surface area contributed by atoms with Gasteiger partial charge in [0.1, 0.15) is 0 Å². The van der Waals surface area contributed by atoms with Crippen LogP contribution >= 0.6 is 23.4 Å². The number of anilines is 1. The van der Waals surface area contributed by atoms with Gasteiger partial charge in [-0.3, -0.25) is 9.36 Å². The summed E-state index contributed by atoms with van der Waals surface area (Å²) in [5.74, 6) is -0.201. The predicted octanol–water partition coefficient (Wildman–Crippen LogP) is 6.34. The van der Waals surface area contributed by atoms with E-state index < -0.39 is 17.6 Å². The zero-order chi connectivity index (χ0) is 23.4. The molecule has 1 heterocycles. The number of amides is 1. The van der Waals surface area contributed by atoms with E-state index in [-0.39, 0.29) is 11.4 Å². The summed E-state index contributed by atoms with van der Waals surface area (Å²) in [4.78, 5) is 12.5. The molecule has 0 spiro atoms. The van der Waals surface area contributed by atoms with E-state index in [4.69, 9.17) is 11.6 Å². The van der Waals surface area contributed by atoms with Gasteiger partial charge in [0, 0.05) is 16.3 Å². The van der Waals surface area contributed by atoms with Gasteiger partial charge in [0.2, 0.25) is 5.91 Å². The second-order valence-electron chi connectivity index (χ2n) is 6.86. The summed E-state index contributed by atoms with van der Waals surface area (Å²) >= 11 is 7.06. The van der Waals surface area contributed by atoms with Crippen LogP contribution in [0.1, 0.15) is 5.56 Å². The number of carbonyl (C=O) groups is 1. The molecule has 1 aromatic heterocycles. The monoisotopic (exact) mass is 488 g/mol. The van der Waals surface area contributed by atoms with Crippen molar-refractivity contribution in [3.05, 3.63) is 89.4 Å². The van der Waals surface area contributed by atoms with Crippen molar-refractivity contribution in [2.45, 2.75) is 11.3 Å². The summed E-state index contributed by atoms with van der Waals surface area (Å²) in [5, 5.41) is 11.8. The molecule has 3 aromatic carbocycles. The minimum atomic E-state index is -4.57. The van der Waals surface area contributed by atoms with Gasteiger partial charge in [0.05, 0.1) is 17.0 Å². The quantitative estimate of drug-likeness (QED) is 0.322. The highest BCUT2D eigenvalue weighted by atomic mass is 35.5. The third-order valence-corrected chi connectivity index (χ3v) is 5.77. The molecule has 0 unspecified atom stereocenters. The van der Waals surface area contributed by atoms with Crippen LogP contribution in [0.15, 0.2) is 84.0 Å². The van der Waals surface area contributed by atoms with E-state index in [0.717, 1.165) is 29.1 Å². The van der Waals surface area contributed by atoms with E-state index >= 15 is 0 Å². The molecule has 1 amide bonds. The summed E-state index contributed by atoms with van der Waals surface area (Å²) < 4.78 is 41.4. The molecule has 0 atom stereocenters. The van der Waals surface area contributed by atoms with Gasteiger partial charge in [-0.25, -0.2) is 0 Å². The van der Waals surface area contributed by atoms with Gasteiger partial charge in [-0.2, -0.15) is 13.2 Å². The SMILES string of the molecule is O=C(CSc1nnc(-c2ccc(Cl)cc2)n1-c1ccccc1)Nc1ccccc1C(F)(F)F. The molecule has 0 saturated carbocycles. The van der Waals surface area contributed by atoms with Crippen molar-refractivity contribution < 1.29 is 18.0 Å². The average molecular weight is 489 g/mol. The minimum Gasteiger partial charge on any atom is -0.325 e. The Bertz CT molecular complexity index is 1260.